The number of rotatable bonds is 6. The van der Waals surface area contributed by atoms with Crippen molar-refractivity contribution in [3.63, 3.8) is 0 Å². The van der Waals surface area contributed by atoms with E-state index in [1.807, 2.05) is 48.5 Å². The first kappa shape index (κ1) is 17.9. The van der Waals surface area contributed by atoms with Gasteiger partial charge in [0.15, 0.2) is 0 Å². The summed E-state index contributed by atoms with van der Waals surface area (Å²) in [7, 11) is -1.12. The van der Waals surface area contributed by atoms with E-state index >= 15 is 0 Å². The summed E-state index contributed by atoms with van der Waals surface area (Å²) in [6.45, 7) is 2.12. The maximum absolute atomic E-state index is 12.5. The third kappa shape index (κ3) is 5.58. The topological polar surface area (TPSA) is 43.4 Å². The van der Waals surface area contributed by atoms with Crippen molar-refractivity contribution in [1.29, 1.82) is 0 Å². The van der Waals surface area contributed by atoms with E-state index in [4.69, 9.17) is 4.74 Å². The summed E-state index contributed by atoms with van der Waals surface area (Å²) in [5.41, 5.74) is 1.89. The zero-order valence-electron chi connectivity index (χ0n) is 12.7. The Morgan fingerprint density at radius 3 is 2.65 bits per heavy atom. The maximum Gasteiger partial charge on any atom is 0.330 e. The van der Waals surface area contributed by atoms with Crippen molar-refractivity contribution in [3.8, 4) is 0 Å². The average Bonchev–Trinajstić information content (AvgIpc) is 2.55. The number of hydrogen-bond donors (Lipinski definition) is 0. The summed E-state index contributed by atoms with van der Waals surface area (Å²) in [5, 5.41) is 0. The monoisotopic (exact) mass is 440 g/mol. The van der Waals surface area contributed by atoms with Gasteiger partial charge >= 0.3 is 5.97 Å². The molecule has 2 aromatic carbocycles. The van der Waals surface area contributed by atoms with E-state index in [0.29, 0.717) is 12.4 Å². The summed E-state index contributed by atoms with van der Waals surface area (Å²) in [4.78, 5) is 12.2. The zero-order chi connectivity index (χ0) is 16.7. The van der Waals surface area contributed by atoms with Gasteiger partial charge in [0.25, 0.3) is 0 Å². The van der Waals surface area contributed by atoms with Crippen molar-refractivity contribution in [3.05, 3.63) is 69.3 Å². The summed E-state index contributed by atoms with van der Waals surface area (Å²) in [6, 6.07) is 15.4. The molecule has 0 spiro atoms. The first-order chi connectivity index (χ1) is 11.1. The Balaban J connectivity index is 2.16. The van der Waals surface area contributed by atoms with E-state index in [1.165, 1.54) is 6.08 Å². The third-order valence-corrected chi connectivity index (χ3v) is 5.41. The normalized spacial score (nSPS) is 12.3. The molecule has 0 bridgehead atoms. The number of benzene rings is 2. The highest BCUT2D eigenvalue weighted by molar-refractivity contribution is 14.1. The Morgan fingerprint density at radius 2 is 1.96 bits per heavy atom. The van der Waals surface area contributed by atoms with Crippen molar-refractivity contribution >= 4 is 45.4 Å². The zero-order valence-corrected chi connectivity index (χ0v) is 15.7. The van der Waals surface area contributed by atoms with E-state index in [9.17, 15) is 9.00 Å². The van der Waals surface area contributed by atoms with Gasteiger partial charge in [-0.1, -0.05) is 30.3 Å². The van der Waals surface area contributed by atoms with Crippen LogP contribution in [0.5, 0.6) is 0 Å². The second kappa shape index (κ2) is 8.98. The predicted molar refractivity (Wildman–Crippen MR) is 101 cm³/mol. The van der Waals surface area contributed by atoms with E-state index in [1.54, 1.807) is 13.0 Å². The fourth-order valence-corrected chi connectivity index (χ4v) is 3.60. The lowest BCUT2D eigenvalue weighted by molar-refractivity contribution is -0.137. The molecule has 0 heterocycles. The molecule has 0 fully saturated rings. The molecule has 0 N–H and O–H groups in total. The lowest BCUT2D eigenvalue weighted by atomic mass is 10.2. The van der Waals surface area contributed by atoms with Crippen molar-refractivity contribution in [1.82, 2.24) is 0 Å². The lowest BCUT2D eigenvalue weighted by Crippen LogP contribution is -1.99. The smallest absolute Gasteiger partial charge is 0.330 e. The largest absolute Gasteiger partial charge is 0.463 e. The lowest BCUT2D eigenvalue weighted by Gasteiger charge is -2.06. The Labute approximate surface area is 152 Å². The number of carbonyl (C=O) groups excluding carboxylic acids is 1. The Hall–Kier alpha value is -1.47. The summed E-state index contributed by atoms with van der Waals surface area (Å²) in [5.74, 6) is 0.0988. The minimum atomic E-state index is -1.12. The van der Waals surface area contributed by atoms with E-state index < -0.39 is 10.8 Å². The van der Waals surface area contributed by atoms with Crippen LogP contribution in [0, 0.1) is 3.57 Å². The van der Waals surface area contributed by atoms with Crippen molar-refractivity contribution in [2.75, 3.05) is 6.61 Å². The van der Waals surface area contributed by atoms with Gasteiger partial charge < -0.3 is 4.74 Å². The fraction of sp³-hybridized carbons (Fsp3) is 0.167. The predicted octanol–water partition coefficient (Wildman–Crippen LogP) is 4.18. The van der Waals surface area contributed by atoms with Crippen LogP contribution in [0.25, 0.3) is 6.08 Å². The molecule has 120 valence electrons. The van der Waals surface area contributed by atoms with Gasteiger partial charge in [-0.05, 0) is 64.9 Å². The maximum atomic E-state index is 12.5. The fourth-order valence-electron chi connectivity index (χ4n) is 1.95. The molecule has 2 aromatic rings. The Bertz CT molecular complexity index is 726. The molecule has 23 heavy (non-hydrogen) atoms. The summed E-state index contributed by atoms with van der Waals surface area (Å²) >= 11 is 2.19. The van der Waals surface area contributed by atoms with Crippen LogP contribution in [0.1, 0.15) is 18.1 Å². The van der Waals surface area contributed by atoms with Crippen LogP contribution in [0.3, 0.4) is 0 Å². The van der Waals surface area contributed by atoms with Crippen molar-refractivity contribution < 1.29 is 13.7 Å². The van der Waals surface area contributed by atoms with Gasteiger partial charge in [-0.15, -0.1) is 0 Å². The van der Waals surface area contributed by atoms with Gasteiger partial charge in [0.1, 0.15) is 0 Å². The highest BCUT2D eigenvalue weighted by atomic mass is 127. The number of halogens is 1. The van der Waals surface area contributed by atoms with Gasteiger partial charge in [0.2, 0.25) is 0 Å². The average molecular weight is 440 g/mol. The van der Waals surface area contributed by atoms with Crippen LogP contribution in [0.2, 0.25) is 0 Å². The molecule has 0 aliphatic heterocycles. The van der Waals surface area contributed by atoms with Crippen LogP contribution in [-0.4, -0.2) is 16.8 Å². The quantitative estimate of drug-likeness (QED) is 0.385. The van der Waals surface area contributed by atoms with Crippen LogP contribution in [-0.2, 0) is 26.1 Å². The van der Waals surface area contributed by atoms with Crippen LogP contribution in [0.4, 0.5) is 0 Å². The third-order valence-electron chi connectivity index (χ3n) is 3.06. The van der Waals surface area contributed by atoms with Crippen molar-refractivity contribution in [2.45, 2.75) is 17.6 Å². The summed E-state index contributed by atoms with van der Waals surface area (Å²) in [6.07, 6.45) is 3.09. The van der Waals surface area contributed by atoms with E-state index in [-0.39, 0.29) is 5.97 Å². The number of carbonyl (C=O) groups is 1. The molecule has 0 amide bonds. The minimum Gasteiger partial charge on any atom is -0.463 e. The van der Waals surface area contributed by atoms with Gasteiger partial charge in [-0.25, -0.2) is 4.79 Å². The molecule has 0 aromatic heterocycles. The molecule has 1 atom stereocenters. The van der Waals surface area contributed by atoms with Crippen LogP contribution >= 0.6 is 22.6 Å². The molecule has 3 nitrogen and oxygen atoms in total. The first-order valence-electron chi connectivity index (χ1n) is 7.17. The van der Waals surface area contributed by atoms with E-state index in [2.05, 4.69) is 22.6 Å². The number of ether oxygens (including phenoxy) is 1. The van der Waals surface area contributed by atoms with E-state index in [0.717, 1.165) is 19.6 Å². The molecular weight excluding hydrogens is 423 g/mol. The minimum absolute atomic E-state index is 0.349. The molecule has 1 unspecified atom stereocenters. The number of hydrogen-bond acceptors (Lipinski definition) is 3. The second-order valence-corrected chi connectivity index (χ2v) is 7.36. The standard InChI is InChI=1S/C18H17IO3S/c1-2-22-18(20)11-8-15-12-16(9-10-17(15)19)23(21)13-14-6-4-3-5-7-14/h3-12H,2,13H2,1H3/b11-8+. The van der Waals surface area contributed by atoms with Gasteiger partial charge in [0.05, 0.1) is 23.2 Å². The second-order valence-electron chi connectivity index (χ2n) is 4.74. The van der Waals surface area contributed by atoms with Crippen LogP contribution < -0.4 is 0 Å². The molecule has 0 radical (unpaired) electrons. The highest BCUT2D eigenvalue weighted by Crippen LogP contribution is 2.20. The van der Waals surface area contributed by atoms with Gasteiger partial charge in [-0.3, -0.25) is 4.21 Å². The Kier molecular flexibility index (Phi) is 6.98. The first-order valence-corrected chi connectivity index (χ1v) is 9.56. The summed E-state index contributed by atoms with van der Waals surface area (Å²) < 4.78 is 18.4. The SMILES string of the molecule is CCOC(=O)/C=C/c1cc(S(=O)Cc2ccccc2)ccc1I. The van der Waals surface area contributed by atoms with Gasteiger partial charge in [0, 0.05) is 14.5 Å². The molecule has 0 aliphatic rings. The molecule has 0 aliphatic carbocycles. The molecular formula is C18H17IO3S. The number of esters is 1. The van der Waals surface area contributed by atoms with Crippen molar-refractivity contribution in [2.24, 2.45) is 0 Å². The van der Waals surface area contributed by atoms with Gasteiger partial charge in [-0.2, -0.15) is 0 Å². The molecule has 5 heteroatoms. The Morgan fingerprint density at radius 1 is 1.22 bits per heavy atom. The highest BCUT2D eigenvalue weighted by Gasteiger charge is 2.08. The molecule has 2 rings (SSSR count). The molecule has 0 saturated heterocycles. The van der Waals surface area contributed by atoms with Crippen LogP contribution in [0.15, 0.2) is 59.5 Å². The molecule has 0 saturated carbocycles.